The van der Waals surface area contributed by atoms with Crippen molar-refractivity contribution in [3.63, 3.8) is 0 Å². The number of rotatable bonds is 5. The van der Waals surface area contributed by atoms with Gasteiger partial charge in [-0.15, -0.1) is 0 Å². The predicted octanol–water partition coefficient (Wildman–Crippen LogP) is -0.331. The molecule has 0 aliphatic carbocycles. The fourth-order valence-corrected chi connectivity index (χ4v) is 2.28. The highest BCUT2D eigenvalue weighted by atomic mass is 16.4. The molecule has 0 saturated carbocycles. The average molecular weight is 326 g/mol. The highest BCUT2D eigenvalue weighted by Gasteiger charge is 2.13. The number of aromatic carboxylic acids is 1. The van der Waals surface area contributed by atoms with Crippen LogP contribution in [0.15, 0.2) is 51.9 Å². The predicted molar refractivity (Wildman–Crippen MR) is 80.9 cm³/mol. The minimum absolute atomic E-state index is 0.154. The van der Waals surface area contributed by atoms with Crippen LogP contribution in [0.25, 0.3) is 10.8 Å². The molecule has 1 N–H and O–H groups in total. The molecule has 0 bridgehead atoms. The lowest BCUT2D eigenvalue weighted by atomic mass is 10.1. The first-order chi connectivity index (χ1) is 11.6. The van der Waals surface area contributed by atoms with E-state index >= 15 is 0 Å². The largest absolute Gasteiger partial charge is 0.543 e. The summed E-state index contributed by atoms with van der Waals surface area (Å²) in [5.74, 6) is -1.46. The molecule has 3 aromatic rings. The van der Waals surface area contributed by atoms with Gasteiger partial charge in [-0.2, -0.15) is 5.10 Å². The molecular formula is C16H12N3O5-. The molecule has 122 valence electrons. The molecule has 24 heavy (non-hydrogen) atoms. The Labute approximate surface area is 135 Å². The first kappa shape index (κ1) is 15.5. The van der Waals surface area contributed by atoms with Crippen LogP contribution in [0, 0.1) is 0 Å². The van der Waals surface area contributed by atoms with Crippen molar-refractivity contribution in [1.29, 1.82) is 0 Å². The highest BCUT2D eigenvalue weighted by Crippen LogP contribution is 2.12. The quantitative estimate of drug-likeness (QED) is 0.686. The van der Waals surface area contributed by atoms with Gasteiger partial charge in [0.1, 0.15) is 18.0 Å². The Bertz CT molecular complexity index is 960. The number of nitrogens with one attached hydrogen (secondary N) is 1. The van der Waals surface area contributed by atoms with Crippen LogP contribution in [-0.2, 0) is 17.9 Å². The zero-order valence-corrected chi connectivity index (χ0v) is 12.4. The number of carbonyl (C=O) groups is 2. The molecule has 8 heteroatoms. The molecule has 8 nitrogen and oxygen atoms in total. The lowest BCUT2D eigenvalue weighted by molar-refractivity contribution is -0.255. The van der Waals surface area contributed by atoms with Crippen molar-refractivity contribution in [2.75, 3.05) is 0 Å². The number of carboxylic acid groups (broad SMARTS) is 1. The molecule has 0 saturated heterocycles. The Morgan fingerprint density at radius 2 is 1.92 bits per heavy atom. The van der Waals surface area contributed by atoms with E-state index in [4.69, 9.17) is 4.42 Å². The summed E-state index contributed by atoms with van der Waals surface area (Å²) < 4.78 is 5.89. The van der Waals surface area contributed by atoms with Gasteiger partial charge >= 0.3 is 0 Å². The number of amides is 1. The number of aromatic nitrogens is 2. The smallest absolute Gasteiger partial charge is 0.275 e. The Kier molecular flexibility index (Phi) is 4.11. The topological polar surface area (TPSA) is 117 Å². The number of furan rings is 1. The summed E-state index contributed by atoms with van der Waals surface area (Å²) in [7, 11) is 0. The molecule has 1 aromatic carbocycles. The third kappa shape index (κ3) is 3.02. The van der Waals surface area contributed by atoms with E-state index in [2.05, 4.69) is 10.4 Å². The number of carboxylic acids is 1. The number of benzene rings is 1. The van der Waals surface area contributed by atoms with E-state index in [1.54, 1.807) is 24.3 Å². The summed E-state index contributed by atoms with van der Waals surface area (Å²) in [4.78, 5) is 35.6. The summed E-state index contributed by atoms with van der Waals surface area (Å²) in [5, 5.41) is 17.9. The van der Waals surface area contributed by atoms with Gasteiger partial charge in [0.2, 0.25) is 5.91 Å². The van der Waals surface area contributed by atoms with Crippen molar-refractivity contribution >= 4 is 22.6 Å². The van der Waals surface area contributed by atoms with Crippen LogP contribution in [-0.4, -0.2) is 21.7 Å². The van der Waals surface area contributed by atoms with Crippen LogP contribution in [0.1, 0.15) is 16.2 Å². The molecule has 0 aliphatic rings. The summed E-state index contributed by atoms with van der Waals surface area (Å²) in [6.45, 7) is -0.258. The third-order valence-corrected chi connectivity index (χ3v) is 3.39. The number of hydrogen-bond donors (Lipinski definition) is 1. The number of nitrogens with zero attached hydrogens (tertiary/aromatic N) is 2. The average Bonchev–Trinajstić information content (AvgIpc) is 3.09. The third-order valence-electron chi connectivity index (χ3n) is 3.39. The van der Waals surface area contributed by atoms with Crippen LogP contribution < -0.4 is 16.0 Å². The molecule has 0 atom stereocenters. The fourth-order valence-electron chi connectivity index (χ4n) is 2.28. The molecule has 0 radical (unpaired) electrons. The van der Waals surface area contributed by atoms with E-state index in [1.165, 1.54) is 18.4 Å². The van der Waals surface area contributed by atoms with Crippen molar-refractivity contribution in [2.45, 2.75) is 13.1 Å². The second kappa shape index (κ2) is 6.37. The number of fused-ring (bicyclic) bond motifs is 1. The second-order valence-electron chi connectivity index (χ2n) is 5.00. The maximum Gasteiger partial charge on any atom is 0.275 e. The van der Waals surface area contributed by atoms with Gasteiger partial charge in [-0.25, -0.2) is 4.68 Å². The molecule has 0 aliphatic heterocycles. The summed E-state index contributed by atoms with van der Waals surface area (Å²) >= 11 is 0. The SMILES string of the molecule is O=C(Cn1nc(C(=O)[O-])c2ccccc2c1=O)NCc1ccco1. The number of carbonyl (C=O) groups excluding carboxylic acids is 2. The molecule has 2 aromatic heterocycles. The monoisotopic (exact) mass is 326 g/mol. The molecule has 0 unspecified atom stereocenters. The maximum atomic E-state index is 12.4. The van der Waals surface area contributed by atoms with E-state index in [1.807, 2.05) is 0 Å². The van der Waals surface area contributed by atoms with Gasteiger partial charge in [-0.1, -0.05) is 18.2 Å². The van der Waals surface area contributed by atoms with Gasteiger partial charge < -0.3 is 19.6 Å². The van der Waals surface area contributed by atoms with Crippen LogP contribution in [0.3, 0.4) is 0 Å². The van der Waals surface area contributed by atoms with Crippen LogP contribution in [0.2, 0.25) is 0 Å². The zero-order valence-electron chi connectivity index (χ0n) is 12.4. The van der Waals surface area contributed by atoms with E-state index in [9.17, 15) is 19.5 Å². The lowest BCUT2D eigenvalue weighted by Gasteiger charge is -2.11. The molecule has 0 spiro atoms. The lowest BCUT2D eigenvalue weighted by Crippen LogP contribution is -2.36. The Balaban J connectivity index is 1.89. The van der Waals surface area contributed by atoms with Crippen molar-refractivity contribution in [3.8, 4) is 0 Å². The van der Waals surface area contributed by atoms with Crippen molar-refractivity contribution in [1.82, 2.24) is 15.1 Å². The van der Waals surface area contributed by atoms with Gasteiger partial charge in [-0.05, 0) is 18.2 Å². The summed E-state index contributed by atoms with van der Waals surface area (Å²) in [6.07, 6.45) is 1.48. The first-order valence-electron chi connectivity index (χ1n) is 7.06. The highest BCUT2D eigenvalue weighted by molar-refractivity contribution is 6.00. The van der Waals surface area contributed by atoms with E-state index in [0.717, 1.165) is 4.68 Å². The van der Waals surface area contributed by atoms with Gasteiger partial charge in [0, 0.05) is 5.39 Å². The summed E-state index contributed by atoms with van der Waals surface area (Å²) in [5.41, 5.74) is -0.937. The Morgan fingerprint density at radius 1 is 1.17 bits per heavy atom. The Hall–Kier alpha value is -3.42. The number of hydrogen-bond acceptors (Lipinski definition) is 6. The first-order valence-corrected chi connectivity index (χ1v) is 7.06. The molecule has 1 amide bonds. The van der Waals surface area contributed by atoms with Crippen LogP contribution >= 0.6 is 0 Å². The van der Waals surface area contributed by atoms with E-state index in [-0.39, 0.29) is 23.0 Å². The van der Waals surface area contributed by atoms with Crippen molar-refractivity contribution < 1.29 is 19.1 Å². The van der Waals surface area contributed by atoms with E-state index in [0.29, 0.717) is 5.76 Å². The van der Waals surface area contributed by atoms with Gasteiger partial charge in [0.15, 0.2) is 0 Å². The van der Waals surface area contributed by atoms with Gasteiger partial charge in [0.25, 0.3) is 5.56 Å². The van der Waals surface area contributed by atoms with Crippen LogP contribution in [0.4, 0.5) is 0 Å². The minimum atomic E-state index is -1.52. The van der Waals surface area contributed by atoms with Gasteiger partial charge in [0.05, 0.1) is 24.2 Å². The fraction of sp³-hybridized carbons (Fsp3) is 0.125. The minimum Gasteiger partial charge on any atom is -0.543 e. The summed E-state index contributed by atoms with van der Waals surface area (Å²) in [6, 6.07) is 9.51. The van der Waals surface area contributed by atoms with Crippen molar-refractivity contribution in [3.05, 3.63) is 64.5 Å². The maximum absolute atomic E-state index is 12.4. The van der Waals surface area contributed by atoms with Gasteiger partial charge in [-0.3, -0.25) is 9.59 Å². The van der Waals surface area contributed by atoms with Crippen molar-refractivity contribution in [2.24, 2.45) is 0 Å². The molecule has 0 fully saturated rings. The Morgan fingerprint density at radius 3 is 2.58 bits per heavy atom. The molecule has 3 rings (SSSR count). The molecule has 2 heterocycles. The zero-order chi connectivity index (χ0) is 17.1. The standard InChI is InChI=1S/C16H13N3O5/c20-13(17-8-10-4-3-7-24-10)9-19-15(21)12-6-2-1-5-11(12)14(18-19)16(22)23/h1-7H,8-9H2,(H,17,20)(H,22,23)/p-1. The second-order valence-corrected chi connectivity index (χ2v) is 5.00. The van der Waals surface area contributed by atoms with Crippen LogP contribution in [0.5, 0.6) is 0 Å². The van der Waals surface area contributed by atoms with E-state index < -0.39 is 24.0 Å². The normalized spacial score (nSPS) is 10.7. The molecular weight excluding hydrogens is 314 g/mol.